The number of sulfonamides is 1. The van der Waals surface area contributed by atoms with Gasteiger partial charge in [-0.3, -0.25) is 4.79 Å². The molecule has 4 rings (SSSR count). The van der Waals surface area contributed by atoms with Crippen LogP contribution in [0, 0.1) is 6.92 Å². The van der Waals surface area contributed by atoms with Crippen molar-refractivity contribution in [2.45, 2.75) is 30.7 Å². The molecule has 1 amide bonds. The number of hydrogen-bond acceptors (Lipinski definition) is 5. The van der Waals surface area contributed by atoms with Crippen molar-refractivity contribution in [3.05, 3.63) is 59.9 Å². The van der Waals surface area contributed by atoms with Gasteiger partial charge in [0.15, 0.2) is 5.76 Å². The van der Waals surface area contributed by atoms with E-state index in [2.05, 4.69) is 4.72 Å². The van der Waals surface area contributed by atoms with E-state index >= 15 is 0 Å². The van der Waals surface area contributed by atoms with Crippen molar-refractivity contribution in [1.29, 1.82) is 0 Å². The van der Waals surface area contributed by atoms with Crippen molar-refractivity contribution in [2.24, 2.45) is 0 Å². The minimum Gasteiger partial charge on any atom is -0.497 e. The van der Waals surface area contributed by atoms with Gasteiger partial charge in [-0.15, -0.1) is 0 Å². The van der Waals surface area contributed by atoms with Gasteiger partial charge in [-0.2, -0.15) is 0 Å². The number of fused-ring (bicyclic) bond motifs is 1. The van der Waals surface area contributed by atoms with Crippen LogP contribution in [-0.4, -0.2) is 45.5 Å². The van der Waals surface area contributed by atoms with E-state index in [9.17, 15) is 13.2 Å². The number of carbonyl (C=O) groups excluding carboxylic acids is 1. The molecule has 1 aliphatic heterocycles. The maximum atomic E-state index is 13.0. The van der Waals surface area contributed by atoms with Gasteiger partial charge >= 0.3 is 0 Å². The summed E-state index contributed by atoms with van der Waals surface area (Å²) in [6.07, 6.45) is 1.09. The van der Waals surface area contributed by atoms with Crippen molar-refractivity contribution in [3.8, 4) is 5.75 Å². The average molecular weight is 429 g/mol. The van der Waals surface area contributed by atoms with Gasteiger partial charge in [0.25, 0.3) is 5.91 Å². The average Bonchev–Trinajstić information content (AvgIpc) is 3.10. The van der Waals surface area contributed by atoms with Crippen LogP contribution in [0.2, 0.25) is 0 Å². The predicted octanol–water partition coefficient (Wildman–Crippen LogP) is 3.33. The number of furan rings is 1. The molecule has 2 aromatic carbocycles. The summed E-state index contributed by atoms with van der Waals surface area (Å²) in [4.78, 5) is 15.0. The van der Waals surface area contributed by atoms with E-state index in [1.54, 1.807) is 54.5 Å². The molecule has 30 heavy (non-hydrogen) atoms. The third kappa shape index (κ3) is 3.93. The second kappa shape index (κ2) is 8.12. The first-order chi connectivity index (χ1) is 14.4. The van der Waals surface area contributed by atoms with Crippen molar-refractivity contribution >= 4 is 26.9 Å². The summed E-state index contributed by atoms with van der Waals surface area (Å²) >= 11 is 0. The molecule has 158 valence electrons. The van der Waals surface area contributed by atoms with Crippen LogP contribution in [0.15, 0.2) is 57.8 Å². The fourth-order valence-corrected chi connectivity index (χ4v) is 5.09. The van der Waals surface area contributed by atoms with E-state index in [0.717, 1.165) is 10.9 Å². The number of methoxy groups -OCH3 is 1. The number of likely N-dealkylation sites (tertiary alicyclic amines) is 1. The van der Waals surface area contributed by atoms with Gasteiger partial charge < -0.3 is 14.1 Å². The standard InChI is InChI=1S/C22H24N2O5S/c1-15-19-14-17(28-2)8-9-20(19)29-21(15)22(25)24-12-10-16(11-13-24)23-30(26,27)18-6-4-3-5-7-18/h3-9,14,16,23H,10-13H2,1-2H3. The second-order valence-corrected chi connectivity index (χ2v) is 9.13. The van der Waals surface area contributed by atoms with Gasteiger partial charge in [-0.25, -0.2) is 13.1 Å². The van der Waals surface area contributed by atoms with E-state index in [0.29, 0.717) is 43.0 Å². The van der Waals surface area contributed by atoms with Crippen LogP contribution in [0.1, 0.15) is 29.0 Å². The summed E-state index contributed by atoms with van der Waals surface area (Å²) < 4.78 is 38.9. The van der Waals surface area contributed by atoms with Crippen LogP contribution in [-0.2, 0) is 10.0 Å². The van der Waals surface area contributed by atoms with E-state index in [-0.39, 0.29) is 16.8 Å². The Bertz CT molecular complexity index is 1160. The first kappa shape index (κ1) is 20.4. The monoisotopic (exact) mass is 428 g/mol. The van der Waals surface area contributed by atoms with E-state index < -0.39 is 10.0 Å². The summed E-state index contributed by atoms with van der Waals surface area (Å²) in [5.74, 6) is 0.852. The minimum atomic E-state index is -3.56. The number of aryl methyl sites for hydroxylation is 1. The molecule has 0 radical (unpaired) electrons. The van der Waals surface area contributed by atoms with Gasteiger partial charge in [0.2, 0.25) is 10.0 Å². The Kier molecular flexibility index (Phi) is 5.53. The Morgan fingerprint density at radius 1 is 1.13 bits per heavy atom. The lowest BCUT2D eigenvalue weighted by Gasteiger charge is -2.31. The topological polar surface area (TPSA) is 88.8 Å². The summed E-state index contributed by atoms with van der Waals surface area (Å²) in [7, 11) is -1.97. The molecule has 0 atom stereocenters. The summed E-state index contributed by atoms with van der Waals surface area (Å²) in [6, 6.07) is 13.5. The Morgan fingerprint density at radius 3 is 2.50 bits per heavy atom. The molecule has 0 saturated carbocycles. The normalized spacial score (nSPS) is 15.5. The Morgan fingerprint density at radius 2 is 1.83 bits per heavy atom. The smallest absolute Gasteiger partial charge is 0.289 e. The number of ether oxygens (including phenoxy) is 1. The molecule has 1 fully saturated rings. The van der Waals surface area contributed by atoms with Crippen LogP contribution in [0.25, 0.3) is 11.0 Å². The molecule has 3 aromatic rings. The number of nitrogens with zero attached hydrogens (tertiary/aromatic N) is 1. The summed E-state index contributed by atoms with van der Waals surface area (Å²) in [6.45, 7) is 2.78. The largest absolute Gasteiger partial charge is 0.497 e. The molecule has 0 aliphatic carbocycles. The molecule has 1 aliphatic rings. The van der Waals surface area contributed by atoms with E-state index in [1.807, 2.05) is 13.0 Å². The van der Waals surface area contributed by atoms with Crippen molar-refractivity contribution < 1.29 is 22.4 Å². The van der Waals surface area contributed by atoms with Gasteiger partial charge in [-0.05, 0) is 50.1 Å². The number of nitrogens with one attached hydrogen (secondary N) is 1. The van der Waals surface area contributed by atoms with Crippen molar-refractivity contribution in [2.75, 3.05) is 20.2 Å². The Balaban J connectivity index is 1.44. The zero-order chi connectivity index (χ0) is 21.3. The SMILES string of the molecule is COc1ccc2oc(C(=O)N3CCC(NS(=O)(=O)c4ccccc4)CC3)c(C)c2c1. The fraction of sp³-hybridized carbons (Fsp3) is 0.318. The van der Waals surface area contributed by atoms with Crippen LogP contribution < -0.4 is 9.46 Å². The van der Waals surface area contributed by atoms with E-state index in [4.69, 9.17) is 9.15 Å². The van der Waals surface area contributed by atoms with Gasteiger partial charge in [0.1, 0.15) is 11.3 Å². The molecule has 0 spiro atoms. The third-order valence-corrected chi connectivity index (χ3v) is 7.03. The highest BCUT2D eigenvalue weighted by Gasteiger charge is 2.29. The minimum absolute atomic E-state index is 0.174. The second-order valence-electron chi connectivity index (χ2n) is 7.42. The summed E-state index contributed by atoms with van der Waals surface area (Å²) in [5.41, 5.74) is 1.42. The van der Waals surface area contributed by atoms with Gasteiger partial charge in [0, 0.05) is 30.1 Å². The summed E-state index contributed by atoms with van der Waals surface area (Å²) in [5, 5.41) is 0.850. The Labute approximate surface area is 175 Å². The van der Waals surface area contributed by atoms with E-state index in [1.165, 1.54) is 0 Å². The third-order valence-electron chi connectivity index (χ3n) is 5.50. The molecule has 7 nitrogen and oxygen atoms in total. The number of rotatable bonds is 5. The first-order valence-electron chi connectivity index (χ1n) is 9.83. The lowest BCUT2D eigenvalue weighted by Crippen LogP contribution is -2.46. The number of carbonyl (C=O) groups is 1. The molecule has 8 heteroatoms. The van der Waals surface area contributed by atoms with Gasteiger partial charge in [-0.1, -0.05) is 18.2 Å². The molecule has 1 aromatic heterocycles. The predicted molar refractivity (Wildman–Crippen MR) is 113 cm³/mol. The molecule has 2 heterocycles. The molecule has 0 bridgehead atoms. The lowest BCUT2D eigenvalue weighted by atomic mass is 10.1. The zero-order valence-electron chi connectivity index (χ0n) is 16.9. The van der Waals surface area contributed by atoms with Crippen LogP contribution in [0.4, 0.5) is 0 Å². The molecule has 0 unspecified atom stereocenters. The van der Waals surface area contributed by atoms with Gasteiger partial charge in [0.05, 0.1) is 12.0 Å². The molecular formula is C22H24N2O5S. The maximum Gasteiger partial charge on any atom is 0.289 e. The number of amides is 1. The highest BCUT2D eigenvalue weighted by Crippen LogP contribution is 2.30. The number of benzene rings is 2. The quantitative estimate of drug-likeness (QED) is 0.673. The van der Waals surface area contributed by atoms with Crippen molar-refractivity contribution in [3.63, 3.8) is 0 Å². The van der Waals surface area contributed by atoms with Crippen LogP contribution >= 0.6 is 0 Å². The van der Waals surface area contributed by atoms with Crippen LogP contribution in [0.5, 0.6) is 5.75 Å². The highest BCUT2D eigenvalue weighted by atomic mass is 32.2. The molecule has 1 saturated heterocycles. The number of hydrogen-bond donors (Lipinski definition) is 1. The maximum absolute atomic E-state index is 13.0. The molecular weight excluding hydrogens is 404 g/mol. The zero-order valence-corrected chi connectivity index (χ0v) is 17.7. The Hall–Kier alpha value is -2.84. The van der Waals surface area contributed by atoms with Crippen molar-refractivity contribution in [1.82, 2.24) is 9.62 Å². The van der Waals surface area contributed by atoms with Crippen LogP contribution in [0.3, 0.4) is 0 Å². The fourth-order valence-electron chi connectivity index (χ4n) is 3.76. The number of piperidine rings is 1. The molecule has 1 N–H and O–H groups in total. The highest BCUT2D eigenvalue weighted by molar-refractivity contribution is 7.89. The first-order valence-corrected chi connectivity index (χ1v) is 11.3. The lowest BCUT2D eigenvalue weighted by molar-refractivity contribution is 0.0680.